The number of carbonyl (C=O) groups is 2. The van der Waals surface area contributed by atoms with Crippen molar-refractivity contribution in [2.75, 3.05) is 6.54 Å². The molecule has 0 aliphatic rings. The van der Waals surface area contributed by atoms with Crippen molar-refractivity contribution in [3.05, 3.63) is 52.8 Å². The molecule has 25 heavy (non-hydrogen) atoms. The first-order valence-corrected chi connectivity index (χ1v) is 7.97. The maximum absolute atomic E-state index is 11.8. The van der Waals surface area contributed by atoms with Crippen LogP contribution in [0.1, 0.15) is 10.4 Å². The Morgan fingerprint density at radius 2 is 2.00 bits per heavy atom. The average Bonchev–Trinajstić information content (AvgIpc) is 2.93. The fourth-order valence-corrected chi connectivity index (χ4v) is 2.50. The summed E-state index contributed by atoms with van der Waals surface area (Å²) >= 11 is 3.33. The molecule has 0 fully saturated rings. The third kappa shape index (κ3) is 3.89. The molecule has 0 aliphatic heterocycles. The molecule has 0 saturated carbocycles. The molecular weight excluding hydrogens is 390 g/mol. The number of aromatic amines is 1. The van der Waals surface area contributed by atoms with Gasteiger partial charge in [0.25, 0.3) is 11.8 Å². The first kappa shape index (κ1) is 16.8. The number of benzene rings is 1. The van der Waals surface area contributed by atoms with Gasteiger partial charge in [0, 0.05) is 27.8 Å². The Morgan fingerprint density at radius 3 is 2.76 bits per heavy atom. The largest absolute Gasteiger partial charge is 0.493 e. The first-order chi connectivity index (χ1) is 12.0. The monoisotopic (exact) mass is 401 g/mol. The highest BCUT2D eigenvalue weighted by atomic mass is 79.9. The van der Waals surface area contributed by atoms with Crippen molar-refractivity contribution in [3.63, 3.8) is 0 Å². The highest BCUT2D eigenvalue weighted by Crippen LogP contribution is 2.36. The number of rotatable bonds is 4. The van der Waals surface area contributed by atoms with Gasteiger partial charge in [-0.2, -0.15) is 0 Å². The summed E-state index contributed by atoms with van der Waals surface area (Å²) in [6.45, 7) is -0.308. The molecule has 0 unspecified atom stereocenters. The molecule has 0 radical (unpaired) electrons. The molecule has 0 bridgehead atoms. The number of nitrogens with one attached hydrogen (secondary N) is 2. The smallest absolute Gasteiger partial charge is 0.283 e. The predicted molar refractivity (Wildman–Crippen MR) is 93.8 cm³/mol. The second-order valence-electron chi connectivity index (χ2n) is 5.02. The summed E-state index contributed by atoms with van der Waals surface area (Å²) in [5.41, 5.74) is 1.21. The normalized spacial score (nSPS) is 11.1. The van der Waals surface area contributed by atoms with Crippen LogP contribution in [0.3, 0.4) is 0 Å². The molecule has 3 rings (SSSR count). The lowest BCUT2D eigenvalue weighted by molar-refractivity contribution is -0.117. The second kappa shape index (κ2) is 7.22. The van der Waals surface area contributed by atoms with Gasteiger partial charge in [-0.1, -0.05) is 15.9 Å². The maximum atomic E-state index is 11.8. The van der Waals surface area contributed by atoms with Gasteiger partial charge in [-0.25, -0.2) is 0 Å². The quantitative estimate of drug-likeness (QED) is 0.581. The number of amides is 2. The van der Waals surface area contributed by atoms with E-state index in [-0.39, 0.29) is 18.1 Å². The van der Waals surface area contributed by atoms with Crippen LogP contribution in [0.2, 0.25) is 0 Å². The molecule has 0 spiro atoms. The third-order valence-electron chi connectivity index (χ3n) is 3.32. The zero-order chi connectivity index (χ0) is 17.8. The number of azo groups is 1. The number of nitrogens with zero attached hydrogens (tertiary/aromatic N) is 3. The Labute approximate surface area is 150 Å². The van der Waals surface area contributed by atoms with Crippen LogP contribution in [0.15, 0.2) is 57.4 Å². The highest BCUT2D eigenvalue weighted by molar-refractivity contribution is 9.10. The van der Waals surface area contributed by atoms with E-state index in [2.05, 4.69) is 41.4 Å². The second-order valence-corrected chi connectivity index (χ2v) is 5.94. The Bertz CT molecular complexity index is 969. The van der Waals surface area contributed by atoms with E-state index in [1.54, 1.807) is 18.2 Å². The average molecular weight is 402 g/mol. The number of halogens is 1. The Balaban J connectivity index is 1.68. The summed E-state index contributed by atoms with van der Waals surface area (Å²) in [6, 6.07) is 8.37. The Hall–Kier alpha value is -3.07. The summed E-state index contributed by atoms with van der Waals surface area (Å²) < 4.78 is 0.798. The van der Waals surface area contributed by atoms with Gasteiger partial charge in [0.1, 0.15) is 6.54 Å². The molecule has 2 aromatic heterocycles. The molecule has 0 saturated heterocycles. The van der Waals surface area contributed by atoms with Gasteiger partial charge in [-0.15, -0.1) is 10.2 Å². The number of hydrogen-bond donors (Lipinski definition) is 3. The van der Waals surface area contributed by atoms with Crippen LogP contribution in [0, 0.1) is 0 Å². The van der Waals surface area contributed by atoms with Crippen LogP contribution in [0.4, 0.5) is 5.69 Å². The fraction of sp³-hybridized carbons (Fsp3) is 0.0625. The minimum Gasteiger partial charge on any atom is -0.493 e. The number of pyridine rings is 1. The van der Waals surface area contributed by atoms with E-state index in [0.29, 0.717) is 16.5 Å². The van der Waals surface area contributed by atoms with Gasteiger partial charge in [0.05, 0.1) is 5.52 Å². The zero-order valence-electron chi connectivity index (χ0n) is 12.7. The summed E-state index contributed by atoms with van der Waals surface area (Å²) in [6.07, 6.45) is 2.96. The highest BCUT2D eigenvalue weighted by Gasteiger charge is 2.12. The van der Waals surface area contributed by atoms with Crippen molar-refractivity contribution in [1.29, 1.82) is 0 Å². The number of hydrogen-bond acceptors (Lipinski definition) is 5. The van der Waals surface area contributed by atoms with E-state index in [0.717, 1.165) is 4.47 Å². The molecule has 3 aromatic rings. The van der Waals surface area contributed by atoms with E-state index >= 15 is 0 Å². The van der Waals surface area contributed by atoms with Crippen LogP contribution in [0.5, 0.6) is 5.88 Å². The van der Waals surface area contributed by atoms with Crippen LogP contribution in [-0.2, 0) is 4.79 Å². The van der Waals surface area contributed by atoms with Gasteiger partial charge in [0.2, 0.25) is 5.88 Å². The van der Waals surface area contributed by atoms with Gasteiger partial charge in [-0.05, 0) is 30.3 Å². The molecule has 9 heteroatoms. The molecular formula is C16H12BrN5O3. The van der Waals surface area contributed by atoms with E-state index < -0.39 is 11.8 Å². The maximum Gasteiger partial charge on any atom is 0.283 e. The van der Waals surface area contributed by atoms with Crippen molar-refractivity contribution in [2.45, 2.75) is 0 Å². The number of aromatic hydroxyl groups is 1. The molecule has 126 valence electrons. The molecule has 1 aromatic carbocycles. The predicted octanol–water partition coefficient (Wildman–Crippen LogP) is 3.07. The van der Waals surface area contributed by atoms with Crippen LogP contribution >= 0.6 is 15.9 Å². The van der Waals surface area contributed by atoms with Gasteiger partial charge >= 0.3 is 0 Å². The van der Waals surface area contributed by atoms with E-state index in [9.17, 15) is 14.7 Å². The summed E-state index contributed by atoms with van der Waals surface area (Å²) in [5, 5.41) is 20.3. The van der Waals surface area contributed by atoms with E-state index in [1.807, 2.05) is 0 Å². The topological polar surface area (TPSA) is 120 Å². The molecule has 0 atom stereocenters. The lowest BCUT2D eigenvalue weighted by atomic mass is 10.2. The van der Waals surface area contributed by atoms with Crippen LogP contribution in [0.25, 0.3) is 10.9 Å². The number of aromatic nitrogens is 2. The molecule has 0 aliphatic carbocycles. The fourth-order valence-electron chi connectivity index (χ4n) is 2.14. The number of fused-ring (bicyclic) bond motifs is 1. The number of carbonyl (C=O) groups excluding carboxylic acids is 2. The first-order valence-electron chi connectivity index (χ1n) is 7.17. The molecule has 2 amide bonds. The standard InChI is InChI=1S/C16H12BrN5O3/c17-10-1-2-12-11(7-10)14(16(25)20-12)22-21-13(23)8-19-15(24)9-3-5-18-6-4-9/h1-7,20,25H,8H2,(H,19,24). The lowest BCUT2D eigenvalue weighted by Gasteiger charge is -2.01. The van der Waals surface area contributed by atoms with E-state index in [1.165, 1.54) is 24.5 Å². The van der Waals surface area contributed by atoms with Crippen molar-refractivity contribution in [3.8, 4) is 5.88 Å². The van der Waals surface area contributed by atoms with Crippen molar-refractivity contribution in [2.24, 2.45) is 10.2 Å². The number of H-pyrrole nitrogens is 1. The van der Waals surface area contributed by atoms with Gasteiger partial charge in [-0.3, -0.25) is 14.6 Å². The summed E-state index contributed by atoms with van der Waals surface area (Å²) in [7, 11) is 0. The van der Waals surface area contributed by atoms with Gasteiger partial charge in [0.15, 0.2) is 5.69 Å². The Morgan fingerprint density at radius 1 is 1.24 bits per heavy atom. The lowest BCUT2D eigenvalue weighted by Crippen LogP contribution is -2.28. The Kier molecular flexibility index (Phi) is 4.85. The van der Waals surface area contributed by atoms with Crippen molar-refractivity contribution < 1.29 is 14.7 Å². The summed E-state index contributed by atoms with van der Waals surface area (Å²) in [5.74, 6) is -1.25. The van der Waals surface area contributed by atoms with Crippen LogP contribution in [-0.4, -0.2) is 33.4 Å². The molecule has 3 N–H and O–H groups in total. The SMILES string of the molecule is O=C(CNC(=O)c1ccncc1)N=Nc1c(O)[nH]c2ccc(Br)cc12. The minimum absolute atomic E-state index is 0.158. The van der Waals surface area contributed by atoms with Gasteiger partial charge < -0.3 is 15.4 Å². The van der Waals surface area contributed by atoms with Crippen molar-refractivity contribution >= 4 is 44.3 Å². The molecule has 2 heterocycles. The van der Waals surface area contributed by atoms with E-state index in [4.69, 9.17) is 0 Å². The summed E-state index contributed by atoms with van der Waals surface area (Å²) in [4.78, 5) is 30.2. The van der Waals surface area contributed by atoms with Crippen LogP contribution < -0.4 is 5.32 Å². The molecule has 8 nitrogen and oxygen atoms in total. The minimum atomic E-state index is -0.647. The zero-order valence-corrected chi connectivity index (χ0v) is 14.3. The third-order valence-corrected chi connectivity index (χ3v) is 3.81. The van der Waals surface area contributed by atoms with Crippen molar-refractivity contribution in [1.82, 2.24) is 15.3 Å².